The molecule has 3 aromatic rings. The van der Waals surface area contributed by atoms with Gasteiger partial charge in [0, 0.05) is 24.5 Å². The number of azo groups is 1. The van der Waals surface area contributed by atoms with Crippen molar-refractivity contribution >= 4 is 32.9 Å². The molecule has 0 fully saturated rings. The molecule has 0 amide bonds. The normalized spacial score (nSPS) is 11.7. The van der Waals surface area contributed by atoms with Gasteiger partial charge < -0.3 is 10.6 Å². The van der Waals surface area contributed by atoms with Gasteiger partial charge in [-0.3, -0.25) is 4.55 Å². The fourth-order valence-corrected chi connectivity index (χ4v) is 3.35. The highest BCUT2D eigenvalue weighted by atomic mass is 32.2. The molecule has 0 bridgehead atoms. The molecule has 3 N–H and O–H groups in total. The van der Waals surface area contributed by atoms with Crippen molar-refractivity contribution in [1.82, 2.24) is 0 Å². The fourth-order valence-electron chi connectivity index (χ4n) is 2.80. The summed E-state index contributed by atoms with van der Waals surface area (Å²) in [6.45, 7) is 3.25. The molecule has 0 saturated heterocycles. The highest BCUT2D eigenvalue weighted by molar-refractivity contribution is 7.85. The van der Waals surface area contributed by atoms with Crippen LogP contribution in [0.4, 0.5) is 22.7 Å². The number of hydrogen-bond donors (Lipinski definition) is 2. The maximum absolute atomic E-state index is 11.3. The van der Waals surface area contributed by atoms with E-state index in [4.69, 9.17) is 5.73 Å². The summed E-state index contributed by atoms with van der Waals surface area (Å²) in [6.07, 6.45) is 0. The first-order valence-corrected chi connectivity index (χ1v) is 10.5. The van der Waals surface area contributed by atoms with E-state index < -0.39 is 10.1 Å². The molecule has 29 heavy (non-hydrogen) atoms. The van der Waals surface area contributed by atoms with Crippen LogP contribution in [-0.4, -0.2) is 19.5 Å². The fraction of sp³-hybridized carbons (Fsp3) is 0.143. The molecule has 0 radical (unpaired) electrons. The van der Waals surface area contributed by atoms with E-state index in [0.717, 1.165) is 29.2 Å². The molecule has 0 saturated carbocycles. The van der Waals surface area contributed by atoms with E-state index >= 15 is 0 Å². The lowest BCUT2D eigenvalue weighted by Crippen LogP contribution is -2.22. The minimum atomic E-state index is -4.22. The van der Waals surface area contributed by atoms with Crippen molar-refractivity contribution in [2.45, 2.75) is 18.4 Å². The Morgan fingerprint density at radius 3 is 2.07 bits per heavy atom. The Bertz CT molecular complexity index is 1100. The third-order valence-corrected chi connectivity index (χ3v) is 5.19. The Balaban J connectivity index is 1.73. The van der Waals surface area contributed by atoms with Crippen LogP contribution in [0.2, 0.25) is 0 Å². The highest BCUT2D eigenvalue weighted by Crippen LogP contribution is 2.24. The molecule has 3 aromatic carbocycles. The summed E-state index contributed by atoms with van der Waals surface area (Å²) in [5, 5.41) is 8.41. The molecule has 8 heteroatoms. The second-order valence-electron chi connectivity index (χ2n) is 6.44. The van der Waals surface area contributed by atoms with E-state index in [-0.39, 0.29) is 4.90 Å². The lowest BCUT2D eigenvalue weighted by Gasteiger charge is -2.23. The van der Waals surface area contributed by atoms with E-state index in [1.807, 2.05) is 37.3 Å². The van der Waals surface area contributed by atoms with Crippen molar-refractivity contribution in [3.63, 3.8) is 0 Å². The first-order valence-electron chi connectivity index (χ1n) is 9.04. The maximum atomic E-state index is 11.3. The van der Waals surface area contributed by atoms with Crippen LogP contribution >= 0.6 is 0 Å². The predicted molar refractivity (Wildman–Crippen MR) is 114 cm³/mol. The van der Waals surface area contributed by atoms with Gasteiger partial charge in [-0.15, -0.1) is 0 Å². The average molecular weight is 410 g/mol. The Labute approximate surface area is 170 Å². The average Bonchev–Trinajstić information content (AvgIpc) is 2.72. The molecule has 0 aliphatic heterocycles. The summed E-state index contributed by atoms with van der Waals surface area (Å²) in [6, 6.07) is 21.0. The SMILES string of the molecule is CCN(Cc1cccc(S(=O)(=O)O)c1)c1ccc(/N=N/c2ccc(N)cc2)cc1. The summed E-state index contributed by atoms with van der Waals surface area (Å²) >= 11 is 0. The van der Waals surface area contributed by atoms with Crippen molar-refractivity contribution < 1.29 is 13.0 Å². The topological polar surface area (TPSA) is 108 Å². The van der Waals surface area contributed by atoms with Gasteiger partial charge in [0.15, 0.2) is 0 Å². The van der Waals surface area contributed by atoms with Gasteiger partial charge in [0.1, 0.15) is 0 Å². The Morgan fingerprint density at radius 1 is 0.931 bits per heavy atom. The summed E-state index contributed by atoms with van der Waals surface area (Å²) in [7, 11) is -4.22. The van der Waals surface area contributed by atoms with Crippen molar-refractivity contribution in [3.05, 3.63) is 78.4 Å². The van der Waals surface area contributed by atoms with Crippen LogP contribution in [0.3, 0.4) is 0 Å². The number of nitrogens with zero attached hydrogens (tertiary/aromatic N) is 3. The van der Waals surface area contributed by atoms with Gasteiger partial charge in [-0.1, -0.05) is 12.1 Å². The molecular formula is C21H22N4O3S. The van der Waals surface area contributed by atoms with Gasteiger partial charge in [0.05, 0.1) is 16.3 Å². The monoisotopic (exact) mass is 410 g/mol. The Hall–Kier alpha value is -3.23. The van der Waals surface area contributed by atoms with E-state index in [0.29, 0.717) is 12.2 Å². The smallest absolute Gasteiger partial charge is 0.294 e. The van der Waals surface area contributed by atoms with Crippen LogP contribution in [-0.2, 0) is 16.7 Å². The Morgan fingerprint density at radius 2 is 1.52 bits per heavy atom. The van der Waals surface area contributed by atoms with Crippen LogP contribution in [0, 0.1) is 0 Å². The highest BCUT2D eigenvalue weighted by Gasteiger charge is 2.11. The van der Waals surface area contributed by atoms with E-state index in [1.165, 1.54) is 12.1 Å². The largest absolute Gasteiger partial charge is 0.399 e. The molecule has 0 atom stereocenters. The van der Waals surface area contributed by atoms with Crippen LogP contribution in [0.5, 0.6) is 0 Å². The molecule has 7 nitrogen and oxygen atoms in total. The van der Waals surface area contributed by atoms with Gasteiger partial charge >= 0.3 is 0 Å². The number of hydrogen-bond acceptors (Lipinski definition) is 6. The molecule has 0 aliphatic carbocycles. The van der Waals surface area contributed by atoms with E-state index in [1.54, 1.807) is 30.3 Å². The zero-order valence-corrected chi connectivity index (χ0v) is 16.7. The molecule has 0 spiro atoms. The molecule has 3 rings (SSSR count). The van der Waals surface area contributed by atoms with Crippen LogP contribution in [0.25, 0.3) is 0 Å². The van der Waals surface area contributed by atoms with Crippen molar-refractivity contribution in [2.75, 3.05) is 17.2 Å². The molecule has 0 aliphatic rings. The zero-order valence-electron chi connectivity index (χ0n) is 15.9. The second kappa shape index (κ2) is 8.85. The van der Waals surface area contributed by atoms with Gasteiger partial charge in [0.25, 0.3) is 10.1 Å². The van der Waals surface area contributed by atoms with Gasteiger partial charge in [0.2, 0.25) is 0 Å². The lowest BCUT2D eigenvalue weighted by atomic mass is 10.2. The standard InChI is InChI=1S/C21H22N4O3S/c1-2-25(15-16-4-3-5-21(14-16)29(26,27)28)20-12-10-19(11-13-20)24-23-18-8-6-17(22)7-9-18/h3-14H,2,15,22H2,1H3,(H,26,27,28)/b24-23+. The number of benzene rings is 3. The van der Waals surface area contributed by atoms with E-state index in [9.17, 15) is 13.0 Å². The third kappa shape index (κ3) is 5.63. The van der Waals surface area contributed by atoms with Gasteiger partial charge in [-0.05, 0) is 73.2 Å². The molecule has 150 valence electrons. The van der Waals surface area contributed by atoms with Gasteiger partial charge in [-0.2, -0.15) is 18.6 Å². The molecule has 0 aromatic heterocycles. The molecule has 0 heterocycles. The van der Waals surface area contributed by atoms with Crippen LogP contribution in [0.1, 0.15) is 12.5 Å². The third-order valence-electron chi connectivity index (χ3n) is 4.34. The maximum Gasteiger partial charge on any atom is 0.294 e. The first kappa shape index (κ1) is 20.5. The second-order valence-corrected chi connectivity index (χ2v) is 7.87. The number of rotatable bonds is 7. The molecule has 0 unspecified atom stereocenters. The van der Waals surface area contributed by atoms with Crippen molar-refractivity contribution in [3.8, 4) is 0 Å². The number of nitrogens with two attached hydrogens (primary N) is 1. The number of nitrogen functional groups attached to an aromatic ring is 1. The van der Waals surface area contributed by atoms with Crippen LogP contribution < -0.4 is 10.6 Å². The molecular weight excluding hydrogens is 388 g/mol. The van der Waals surface area contributed by atoms with Crippen LogP contribution in [0.15, 0.2) is 87.9 Å². The zero-order chi connectivity index (χ0) is 20.9. The lowest BCUT2D eigenvalue weighted by molar-refractivity contribution is 0.483. The summed E-state index contributed by atoms with van der Waals surface area (Å²) < 4.78 is 31.9. The quantitative estimate of drug-likeness (QED) is 0.325. The summed E-state index contributed by atoms with van der Waals surface area (Å²) in [5.74, 6) is 0. The summed E-state index contributed by atoms with van der Waals surface area (Å²) in [4.78, 5) is 1.98. The van der Waals surface area contributed by atoms with E-state index in [2.05, 4.69) is 15.1 Å². The first-order chi connectivity index (χ1) is 13.8. The minimum Gasteiger partial charge on any atom is -0.399 e. The minimum absolute atomic E-state index is 0.107. The number of anilines is 2. The Kier molecular flexibility index (Phi) is 6.26. The van der Waals surface area contributed by atoms with Gasteiger partial charge in [-0.25, -0.2) is 0 Å². The van der Waals surface area contributed by atoms with Crippen molar-refractivity contribution in [1.29, 1.82) is 0 Å². The van der Waals surface area contributed by atoms with Crippen molar-refractivity contribution in [2.24, 2.45) is 10.2 Å². The summed E-state index contributed by atoms with van der Waals surface area (Å²) in [5.41, 5.74) is 9.53. The predicted octanol–water partition coefficient (Wildman–Crippen LogP) is 4.96.